The van der Waals surface area contributed by atoms with E-state index in [1.54, 1.807) is 25.3 Å². The first-order valence-electron chi connectivity index (χ1n) is 6.00. The molecule has 4 nitrogen and oxygen atoms in total. The molecule has 0 aliphatic carbocycles. The molecule has 0 amide bonds. The molecule has 0 bridgehead atoms. The maximum absolute atomic E-state index is 10.3. The first-order chi connectivity index (χ1) is 8.63. The van der Waals surface area contributed by atoms with E-state index in [1.165, 1.54) is 0 Å². The van der Waals surface area contributed by atoms with Gasteiger partial charge in [0.2, 0.25) is 0 Å². The summed E-state index contributed by atoms with van der Waals surface area (Å²) >= 11 is 5.95. The van der Waals surface area contributed by atoms with E-state index < -0.39 is 5.60 Å². The second-order valence-electron chi connectivity index (χ2n) is 4.53. The summed E-state index contributed by atoms with van der Waals surface area (Å²) in [5.41, 5.74) is 0.0795. The van der Waals surface area contributed by atoms with Gasteiger partial charge in [0, 0.05) is 37.6 Å². The fraction of sp³-hybridized carbons (Fsp3) is 0.538. The first kappa shape index (κ1) is 13.5. The summed E-state index contributed by atoms with van der Waals surface area (Å²) in [5, 5.41) is 14.2. The van der Waals surface area contributed by atoms with Crippen LogP contribution in [0.4, 0.5) is 5.69 Å². The number of halogens is 1. The molecule has 1 saturated heterocycles. The smallest absolute Gasteiger partial charge is 0.142 e. The Morgan fingerprint density at radius 3 is 2.83 bits per heavy atom. The van der Waals surface area contributed by atoms with Gasteiger partial charge < -0.3 is 19.9 Å². The number of anilines is 1. The number of methoxy groups -OCH3 is 1. The van der Waals surface area contributed by atoms with Crippen LogP contribution in [0, 0.1) is 0 Å². The number of hydrogen-bond acceptors (Lipinski definition) is 4. The third-order valence-electron chi connectivity index (χ3n) is 3.19. The average molecular weight is 272 g/mol. The summed E-state index contributed by atoms with van der Waals surface area (Å²) in [6.45, 7) is 1.67. The zero-order valence-corrected chi connectivity index (χ0v) is 11.2. The Morgan fingerprint density at radius 1 is 1.44 bits per heavy atom. The van der Waals surface area contributed by atoms with Gasteiger partial charge >= 0.3 is 0 Å². The topological polar surface area (TPSA) is 50.7 Å². The highest BCUT2D eigenvalue weighted by Gasteiger charge is 2.29. The molecule has 1 aliphatic heterocycles. The van der Waals surface area contributed by atoms with Crippen molar-refractivity contribution in [2.75, 3.05) is 32.2 Å². The highest BCUT2D eigenvalue weighted by atomic mass is 35.5. The fourth-order valence-electron chi connectivity index (χ4n) is 2.01. The molecule has 2 N–H and O–H groups in total. The van der Waals surface area contributed by atoms with Crippen LogP contribution in [0.2, 0.25) is 5.02 Å². The Labute approximate surface area is 112 Å². The van der Waals surface area contributed by atoms with Gasteiger partial charge in [0.25, 0.3) is 0 Å². The number of ether oxygens (including phenoxy) is 2. The molecule has 1 aliphatic rings. The third-order valence-corrected chi connectivity index (χ3v) is 3.43. The van der Waals surface area contributed by atoms with Crippen molar-refractivity contribution >= 4 is 17.3 Å². The molecular weight excluding hydrogens is 254 g/mol. The zero-order valence-electron chi connectivity index (χ0n) is 10.4. The monoisotopic (exact) mass is 271 g/mol. The third kappa shape index (κ3) is 3.28. The average Bonchev–Trinajstić information content (AvgIpc) is 2.38. The number of aliphatic hydroxyl groups is 1. The summed E-state index contributed by atoms with van der Waals surface area (Å²) in [6.07, 6.45) is 1.28. The minimum Gasteiger partial charge on any atom is -0.495 e. The van der Waals surface area contributed by atoms with Crippen molar-refractivity contribution in [2.45, 2.75) is 18.4 Å². The van der Waals surface area contributed by atoms with Crippen LogP contribution < -0.4 is 10.1 Å². The van der Waals surface area contributed by atoms with Gasteiger partial charge in [0.1, 0.15) is 5.75 Å². The molecular formula is C13H18ClNO3. The lowest BCUT2D eigenvalue weighted by Crippen LogP contribution is -2.42. The van der Waals surface area contributed by atoms with Crippen LogP contribution in [0.3, 0.4) is 0 Å². The minimum atomic E-state index is -0.717. The molecule has 0 saturated carbocycles. The van der Waals surface area contributed by atoms with Crippen LogP contribution in [0.15, 0.2) is 18.2 Å². The van der Waals surface area contributed by atoms with Gasteiger partial charge in [0.05, 0.1) is 18.4 Å². The summed E-state index contributed by atoms with van der Waals surface area (Å²) < 4.78 is 10.5. The molecule has 2 rings (SSSR count). The Bertz CT molecular complexity index is 405. The van der Waals surface area contributed by atoms with E-state index in [9.17, 15) is 5.11 Å². The number of rotatable bonds is 4. The van der Waals surface area contributed by atoms with E-state index in [4.69, 9.17) is 21.1 Å². The Kier molecular flexibility index (Phi) is 4.32. The van der Waals surface area contributed by atoms with E-state index in [0.29, 0.717) is 37.6 Å². The first-order valence-corrected chi connectivity index (χ1v) is 6.38. The van der Waals surface area contributed by atoms with Gasteiger partial charge in [-0.2, -0.15) is 0 Å². The van der Waals surface area contributed by atoms with Crippen molar-refractivity contribution in [1.82, 2.24) is 0 Å². The van der Waals surface area contributed by atoms with Crippen LogP contribution in [0.25, 0.3) is 0 Å². The number of nitrogens with one attached hydrogen (secondary N) is 1. The Hall–Kier alpha value is -0.970. The molecule has 1 aromatic rings. The molecule has 0 spiro atoms. The predicted molar refractivity (Wildman–Crippen MR) is 71.5 cm³/mol. The van der Waals surface area contributed by atoms with Crippen molar-refractivity contribution in [1.29, 1.82) is 0 Å². The summed E-state index contributed by atoms with van der Waals surface area (Å²) in [5.74, 6) is 0.718. The van der Waals surface area contributed by atoms with Crippen LogP contribution in [0.1, 0.15) is 12.8 Å². The normalized spacial score (nSPS) is 18.4. The van der Waals surface area contributed by atoms with Crippen LogP contribution in [0.5, 0.6) is 5.75 Å². The van der Waals surface area contributed by atoms with Gasteiger partial charge in [-0.1, -0.05) is 11.6 Å². The van der Waals surface area contributed by atoms with Crippen molar-refractivity contribution < 1.29 is 14.6 Å². The van der Waals surface area contributed by atoms with Crippen LogP contribution in [-0.2, 0) is 4.74 Å². The van der Waals surface area contributed by atoms with Crippen LogP contribution >= 0.6 is 11.6 Å². The van der Waals surface area contributed by atoms with E-state index in [0.717, 1.165) is 11.4 Å². The largest absolute Gasteiger partial charge is 0.495 e. The fourth-order valence-corrected chi connectivity index (χ4v) is 2.18. The molecule has 0 radical (unpaired) electrons. The Balaban J connectivity index is 2.02. The lowest BCUT2D eigenvalue weighted by molar-refractivity contribution is -0.0543. The highest BCUT2D eigenvalue weighted by molar-refractivity contribution is 6.30. The molecule has 0 atom stereocenters. The minimum absolute atomic E-state index is 0.465. The SMILES string of the molecule is COc1ccc(Cl)cc1NCC1(O)CCOCC1. The standard InChI is InChI=1S/C13H18ClNO3/c1-17-12-3-2-10(14)8-11(12)15-9-13(16)4-6-18-7-5-13/h2-3,8,15-16H,4-7,9H2,1H3. The van der Waals surface area contributed by atoms with E-state index >= 15 is 0 Å². The van der Waals surface area contributed by atoms with Crippen LogP contribution in [-0.4, -0.2) is 37.6 Å². The van der Waals surface area contributed by atoms with Gasteiger partial charge in [-0.15, -0.1) is 0 Å². The van der Waals surface area contributed by atoms with Gasteiger partial charge in [-0.3, -0.25) is 0 Å². The molecule has 1 heterocycles. The summed E-state index contributed by atoms with van der Waals surface area (Å²) in [7, 11) is 1.61. The van der Waals surface area contributed by atoms with E-state index in [2.05, 4.69) is 5.32 Å². The maximum atomic E-state index is 10.3. The number of benzene rings is 1. The van der Waals surface area contributed by atoms with Crippen molar-refractivity contribution in [2.24, 2.45) is 0 Å². The lowest BCUT2D eigenvalue weighted by atomic mass is 9.94. The summed E-state index contributed by atoms with van der Waals surface area (Å²) in [6, 6.07) is 5.37. The lowest BCUT2D eigenvalue weighted by Gasteiger charge is -2.32. The highest BCUT2D eigenvalue weighted by Crippen LogP contribution is 2.29. The second kappa shape index (κ2) is 5.78. The van der Waals surface area contributed by atoms with Gasteiger partial charge in [-0.05, 0) is 18.2 Å². The van der Waals surface area contributed by atoms with Gasteiger partial charge in [-0.25, -0.2) is 0 Å². The molecule has 1 fully saturated rings. The Morgan fingerprint density at radius 2 is 2.17 bits per heavy atom. The van der Waals surface area contributed by atoms with Crippen molar-refractivity contribution in [3.63, 3.8) is 0 Å². The molecule has 5 heteroatoms. The van der Waals surface area contributed by atoms with E-state index in [1.807, 2.05) is 0 Å². The predicted octanol–water partition coefficient (Wildman–Crippen LogP) is 2.30. The van der Waals surface area contributed by atoms with Crippen molar-refractivity contribution in [3.8, 4) is 5.75 Å². The van der Waals surface area contributed by atoms with Crippen molar-refractivity contribution in [3.05, 3.63) is 23.2 Å². The quantitative estimate of drug-likeness (QED) is 0.882. The molecule has 1 aromatic carbocycles. The second-order valence-corrected chi connectivity index (χ2v) is 4.97. The van der Waals surface area contributed by atoms with E-state index in [-0.39, 0.29) is 0 Å². The molecule has 0 aromatic heterocycles. The maximum Gasteiger partial charge on any atom is 0.142 e. The summed E-state index contributed by atoms with van der Waals surface area (Å²) in [4.78, 5) is 0. The van der Waals surface area contributed by atoms with Gasteiger partial charge in [0.15, 0.2) is 0 Å². The molecule has 100 valence electrons. The molecule has 0 unspecified atom stereocenters. The zero-order chi connectivity index (χ0) is 13.0. The molecule has 18 heavy (non-hydrogen) atoms. The number of hydrogen-bond donors (Lipinski definition) is 2.